The van der Waals surface area contributed by atoms with E-state index < -0.39 is 12.3 Å². The third-order valence-corrected chi connectivity index (χ3v) is 0.452. The first-order valence-electron chi connectivity index (χ1n) is 1.94. The SMILES string of the molecule is C[N]C(=O)NC(F)(F)F. The van der Waals surface area contributed by atoms with Gasteiger partial charge in [0.05, 0.1) is 0 Å². The van der Waals surface area contributed by atoms with Crippen molar-refractivity contribution in [2.45, 2.75) is 6.30 Å². The topological polar surface area (TPSA) is 43.2 Å². The fourth-order valence-electron chi connectivity index (χ4n) is 0.177. The van der Waals surface area contributed by atoms with E-state index in [2.05, 4.69) is 5.32 Å². The van der Waals surface area contributed by atoms with Crippen molar-refractivity contribution >= 4 is 6.03 Å². The van der Waals surface area contributed by atoms with Crippen LogP contribution in [0.15, 0.2) is 0 Å². The number of amides is 2. The van der Waals surface area contributed by atoms with E-state index >= 15 is 0 Å². The Kier molecular flexibility index (Phi) is 2.29. The summed E-state index contributed by atoms with van der Waals surface area (Å²) >= 11 is 0. The molecule has 0 aromatic carbocycles. The lowest BCUT2D eigenvalue weighted by Crippen LogP contribution is -2.39. The van der Waals surface area contributed by atoms with Crippen LogP contribution in [0.5, 0.6) is 0 Å². The zero-order valence-electron chi connectivity index (χ0n) is 4.49. The molecule has 0 aromatic rings. The van der Waals surface area contributed by atoms with E-state index in [0.29, 0.717) is 5.32 Å². The van der Waals surface area contributed by atoms with Crippen LogP contribution in [0.3, 0.4) is 0 Å². The highest BCUT2D eigenvalue weighted by atomic mass is 19.4. The molecule has 0 saturated carbocycles. The van der Waals surface area contributed by atoms with Gasteiger partial charge in [0.25, 0.3) is 0 Å². The fourth-order valence-corrected chi connectivity index (χ4v) is 0.177. The van der Waals surface area contributed by atoms with Crippen molar-refractivity contribution in [3.63, 3.8) is 0 Å². The van der Waals surface area contributed by atoms with E-state index in [4.69, 9.17) is 0 Å². The molecular formula is C3H4F3N2O. The maximum Gasteiger partial charge on any atom is 0.486 e. The van der Waals surface area contributed by atoms with Crippen molar-refractivity contribution in [3.8, 4) is 0 Å². The lowest BCUT2D eigenvalue weighted by Gasteiger charge is -2.04. The Hall–Kier alpha value is -0.940. The van der Waals surface area contributed by atoms with Crippen LogP contribution in [-0.2, 0) is 0 Å². The quantitative estimate of drug-likeness (QED) is 0.489. The minimum absolute atomic E-state index is 0.663. The van der Waals surface area contributed by atoms with Gasteiger partial charge < -0.3 is 0 Å². The van der Waals surface area contributed by atoms with E-state index in [1.165, 1.54) is 0 Å². The van der Waals surface area contributed by atoms with Gasteiger partial charge in [0.2, 0.25) is 0 Å². The zero-order chi connectivity index (χ0) is 7.49. The molecule has 1 N–H and O–H groups in total. The Balaban J connectivity index is 3.60. The minimum atomic E-state index is -4.67. The van der Waals surface area contributed by atoms with Gasteiger partial charge >= 0.3 is 12.3 Å². The maximum absolute atomic E-state index is 11.1. The molecule has 6 heteroatoms. The third kappa shape index (κ3) is 4.92. The van der Waals surface area contributed by atoms with E-state index in [1.807, 2.05) is 0 Å². The van der Waals surface area contributed by atoms with Crippen molar-refractivity contribution in [1.82, 2.24) is 10.6 Å². The summed E-state index contributed by atoms with van der Waals surface area (Å²) in [4.78, 5) is 9.83. The Labute approximate surface area is 49.2 Å². The lowest BCUT2D eigenvalue weighted by molar-refractivity contribution is -0.145. The number of urea groups is 1. The van der Waals surface area contributed by atoms with E-state index in [-0.39, 0.29) is 0 Å². The minimum Gasteiger partial charge on any atom is -0.248 e. The highest BCUT2D eigenvalue weighted by Gasteiger charge is 2.29. The van der Waals surface area contributed by atoms with Gasteiger partial charge in [0.15, 0.2) is 0 Å². The smallest absolute Gasteiger partial charge is 0.248 e. The average molecular weight is 141 g/mol. The predicted molar refractivity (Wildman–Crippen MR) is 22.6 cm³/mol. The van der Waals surface area contributed by atoms with Crippen molar-refractivity contribution in [3.05, 3.63) is 0 Å². The standard InChI is InChI=1S/C3H4F3N2O/c1-7-2(9)8-3(4,5)6/h1H3,(H,8,9). The number of hydrogen-bond acceptors (Lipinski definition) is 1. The highest BCUT2D eigenvalue weighted by Crippen LogP contribution is 2.08. The molecule has 0 saturated heterocycles. The molecule has 0 fully saturated rings. The summed E-state index contributed by atoms with van der Waals surface area (Å²) in [6.07, 6.45) is -4.67. The molecule has 0 spiro atoms. The number of rotatable bonds is 0. The summed E-state index contributed by atoms with van der Waals surface area (Å²) in [7, 11) is 0.973. The predicted octanol–water partition coefficient (Wildman–Crippen LogP) is 0.450. The number of nitrogens with zero attached hydrogens (tertiary/aromatic N) is 1. The van der Waals surface area contributed by atoms with Gasteiger partial charge in [-0.25, -0.2) is 15.4 Å². The second-order valence-corrected chi connectivity index (χ2v) is 1.15. The van der Waals surface area contributed by atoms with Gasteiger partial charge in [-0.05, 0) is 0 Å². The molecule has 53 valence electrons. The molecule has 0 aliphatic rings. The summed E-state index contributed by atoms with van der Waals surface area (Å²) in [5.41, 5.74) is 0. The van der Waals surface area contributed by atoms with Crippen molar-refractivity contribution < 1.29 is 18.0 Å². The molecule has 0 bridgehead atoms. The Morgan fingerprint density at radius 3 is 2.11 bits per heavy atom. The summed E-state index contributed by atoms with van der Waals surface area (Å²) in [5.74, 6) is 0. The molecule has 3 nitrogen and oxygen atoms in total. The van der Waals surface area contributed by atoms with Crippen molar-refractivity contribution in [1.29, 1.82) is 0 Å². The number of halogens is 3. The van der Waals surface area contributed by atoms with E-state index in [9.17, 15) is 18.0 Å². The first-order chi connectivity index (χ1) is 3.95. The molecule has 0 unspecified atom stereocenters. The lowest BCUT2D eigenvalue weighted by atomic mass is 10.9. The molecule has 0 atom stereocenters. The van der Waals surface area contributed by atoms with Gasteiger partial charge in [-0.15, -0.1) is 0 Å². The van der Waals surface area contributed by atoms with Gasteiger partial charge in [-0.2, -0.15) is 13.2 Å². The Bertz CT molecular complexity index is 110. The maximum atomic E-state index is 11.1. The van der Waals surface area contributed by atoms with Crippen LogP contribution in [0.25, 0.3) is 0 Å². The van der Waals surface area contributed by atoms with Crippen molar-refractivity contribution in [2.75, 3.05) is 7.05 Å². The molecule has 0 heterocycles. The Morgan fingerprint density at radius 1 is 1.56 bits per heavy atom. The fraction of sp³-hybridized carbons (Fsp3) is 0.667. The van der Waals surface area contributed by atoms with Crippen LogP contribution in [0, 0.1) is 0 Å². The zero-order valence-corrected chi connectivity index (χ0v) is 4.49. The largest absolute Gasteiger partial charge is 0.486 e. The van der Waals surface area contributed by atoms with Crippen LogP contribution in [0.1, 0.15) is 0 Å². The van der Waals surface area contributed by atoms with Crippen molar-refractivity contribution in [2.24, 2.45) is 0 Å². The van der Waals surface area contributed by atoms with E-state index in [0.717, 1.165) is 7.05 Å². The van der Waals surface area contributed by atoms with Crippen LogP contribution in [-0.4, -0.2) is 19.4 Å². The molecule has 0 aliphatic carbocycles. The number of alkyl halides is 3. The summed E-state index contributed by atoms with van der Waals surface area (Å²) in [6, 6.07) is -1.39. The van der Waals surface area contributed by atoms with Crippen LogP contribution >= 0.6 is 0 Å². The molecule has 0 aromatic heterocycles. The van der Waals surface area contributed by atoms with Gasteiger partial charge in [0, 0.05) is 7.05 Å². The highest BCUT2D eigenvalue weighted by molar-refractivity contribution is 5.73. The number of nitrogens with one attached hydrogen (secondary N) is 1. The summed E-state index contributed by atoms with van der Waals surface area (Å²) in [6.45, 7) is 0. The van der Waals surface area contributed by atoms with Gasteiger partial charge in [-0.3, -0.25) is 0 Å². The van der Waals surface area contributed by atoms with Gasteiger partial charge in [0.1, 0.15) is 0 Å². The third-order valence-electron chi connectivity index (χ3n) is 0.452. The number of hydrogen-bond donors (Lipinski definition) is 1. The Morgan fingerprint density at radius 2 is 2.00 bits per heavy atom. The first kappa shape index (κ1) is 8.06. The first-order valence-corrected chi connectivity index (χ1v) is 1.94. The monoisotopic (exact) mass is 141 g/mol. The molecule has 2 amide bonds. The summed E-state index contributed by atoms with van der Waals surface area (Å²) < 4.78 is 33.3. The second kappa shape index (κ2) is 2.56. The van der Waals surface area contributed by atoms with Crippen LogP contribution in [0.2, 0.25) is 0 Å². The van der Waals surface area contributed by atoms with Gasteiger partial charge in [-0.1, -0.05) is 0 Å². The normalized spacial score (nSPS) is 10.7. The molecule has 9 heavy (non-hydrogen) atoms. The number of carbonyl (C=O) groups is 1. The van der Waals surface area contributed by atoms with E-state index in [1.54, 1.807) is 0 Å². The molecule has 0 aliphatic heterocycles. The second-order valence-electron chi connectivity index (χ2n) is 1.15. The summed E-state index contributed by atoms with van der Waals surface area (Å²) in [5, 5.41) is 3.37. The molecular weight excluding hydrogens is 137 g/mol. The van der Waals surface area contributed by atoms with Crippen LogP contribution in [0.4, 0.5) is 18.0 Å². The molecule has 0 rings (SSSR count). The number of carbonyl (C=O) groups excluding carboxylic acids is 1. The molecule has 1 radical (unpaired) electrons. The van der Waals surface area contributed by atoms with Crippen LogP contribution < -0.4 is 10.6 Å². The average Bonchev–Trinajstić information content (AvgIpc) is 1.62.